The van der Waals surface area contributed by atoms with Crippen molar-refractivity contribution in [2.45, 2.75) is 25.9 Å². The molecule has 0 unspecified atom stereocenters. The van der Waals surface area contributed by atoms with Gasteiger partial charge in [-0.05, 0) is 39.3 Å². The van der Waals surface area contributed by atoms with E-state index < -0.39 is 5.60 Å². The normalized spacial score (nSPS) is 12.0. The molecule has 2 heteroatoms. The van der Waals surface area contributed by atoms with E-state index in [1.54, 1.807) is 25.2 Å². The van der Waals surface area contributed by atoms with Crippen molar-refractivity contribution in [3.05, 3.63) is 28.8 Å². The van der Waals surface area contributed by atoms with Crippen LogP contribution < -0.4 is 0 Å². The first-order valence-electron chi connectivity index (χ1n) is 3.65. The molecule has 0 aliphatic heterocycles. The number of hydrogen-bond acceptors (Lipinski definition) is 2. The average Bonchev–Trinajstić information content (AvgIpc) is 2.32. The van der Waals surface area contributed by atoms with Gasteiger partial charge in [0.15, 0.2) is 0 Å². The van der Waals surface area contributed by atoms with Crippen molar-refractivity contribution in [2.75, 3.05) is 0 Å². The summed E-state index contributed by atoms with van der Waals surface area (Å²) < 4.78 is 0. The Labute approximate surface area is 71.7 Å². The van der Waals surface area contributed by atoms with E-state index in [2.05, 4.69) is 6.92 Å². The lowest BCUT2D eigenvalue weighted by Crippen LogP contribution is -2.12. The van der Waals surface area contributed by atoms with Crippen molar-refractivity contribution in [3.63, 3.8) is 0 Å². The predicted molar refractivity (Wildman–Crippen MR) is 48.6 cm³/mol. The van der Waals surface area contributed by atoms with Gasteiger partial charge in [0.25, 0.3) is 0 Å². The van der Waals surface area contributed by atoms with E-state index in [4.69, 9.17) is 0 Å². The van der Waals surface area contributed by atoms with Crippen molar-refractivity contribution < 1.29 is 5.11 Å². The highest BCUT2D eigenvalue weighted by molar-refractivity contribution is 7.12. The first-order chi connectivity index (χ1) is 5.04. The van der Waals surface area contributed by atoms with Crippen LogP contribution in [-0.2, 0) is 12.0 Å². The molecule has 0 aromatic carbocycles. The van der Waals surface area contributed by atoms with Crippen molar-refractivity contribution in [1.82, 2.24) is 0 Å². The molecule has 1 N–H and O–H groups in total. The largest absolute Gasteiger partial charge is 0.385 e. The molecule has 0 bridgehead atoms. The van der Waals surface area contributed by atoms with Crippen LogP contribution in [0.25, 0.3) is 0 Å². The fourth-order valence-corrected chi connectivity index (χ4v) is 1.75. The Morgan fingerprint density at radius 2 is 2.18 bits per heavy atom. The van der Waals surface area contributed by atoms with E-state index in [1.807, 2.05) is 12.1 Å². The summed E-state index contributed by atoms with van der Waals surface area (Å²) in [6.07, 6.45) is 0.806. The van der Waals surface area contributed by atoms with Crippen molar-refractivity contribution in [1.29, 1.82) is 0 Å². The van der Waals surface area contributed by atoms with Crippen LogP contribution in [0.2, 0.25) is 0 Å². The van der Waals surface area contributed by atoms with Crippen LogP contribution in [-0.4, -0.2) is 5.11 Å². The Balaban J connectivity index is 2.89. The minimum Gasteiger partial charge on any atom is -0.385 e. The molecule has 0 aliphatic carbocycles. The monoisotopic (exact) mass is 169 g/mol. The van der Waals surface area contributed by atoms with Gasteiger partial charge in [0.2, 0.25) is 0 Å². The summed E-state index contributed by atoms with van der Waals surface area (Å²) in [5, 5.41) is 9.59. The highest BCUT2D eigenvalue weighted by Crippen LogP contribution is 2.27. The third-order valence-electron chi connectivity index (χ3n) is 1.51. The molecule has 0 atom stereocenters. The van der Waals surface area contributed by atoms with Gasteiger partial charge in [0.05, 0.1) is 5.60 Å². The minimum atomic E-state index is -0.696. The van der Waals surface area contributed by atoms with Crippen LogP contribution in [0.5, 0.6) is 0 Å². The minimum absolute atomic E-state index is 0.696. The summed E-state index contributed by atoms with van der Waals surface area (Å²) in [4.78, 5) is 2.23. The molecular formula is C9H13OS. The number of thiophene rings is 1. The Kier molecular flexibility index (Phi) is 2.35. The molecule has 1 heterocycles. The molecule has 1 aromatic heterocycles. The second-order valence-corrected chi connectivity index (χ2v) is 4.24. The molecule has 0 aliphatic rings. The van der Waals surface area contributed by atoms with E-state index >= 15 is 0 Å². The smallest absolute Gasteiger partial charge is 0.0932 e. The third-order valence-corrected chi connectivity index (χ3v) is 2.97. The molecule has 61 valence electrons. The third kappa shape index (κ3) is 2.04. The standard InChI is InChI=1S/C9H13OS/c1-4-7-5-6-8(11-7)9(2,3)10/h5-6,10H,1,4H2,2-3H3. The maximum Gasteiger partial charge on any atom is 0.0932 e. The van der Waals surface area contributed by atoms with Crippen LogP contribution in [0.1, 0.15) is 23.6 Å². The summed E-state index contributed by atoms with van der Waals surface area (Å²) in [6, 6.07) is 3.98. The van der Waals surface area contributed by atoms with Gasteiger partial charge in [-0.25, -0.2) is 0 Å². The van der Waals surface area contributed by atoms with Crippen LogP contribution >= 0.6 is 11.3 Å². The molecule has 0 spiro atoms. The maximum absolute atomic E-state index is 9.59. The van der Waals surface area contributed by atoms with E-state index in [-0.39, 0.29) is 0 Å². The lowest BCUT2D eigenvalue weighted by molar-refractivity contribution is 0.0825. The van der Waals surface area contributed by atoms with Gasteiger partial charge in [-0.15, -0.1) is 11.3 Å². The molecule has 11 heavy (non-hydrogen) atoms. The van der Waals surface area contributed by atoms with Gasteiger partial charge < -0.3 is 5.11 Å². The number of rotatable bonds is 2. The highest BCUT2D eigenvalue weighted by atomic mass is 32.1. The molecule has 0 fully saturated rings. The Morgan fingerprint density at radius 3 is 2.45 bits per heavy atom. The van der Waals surface area contributed by atoms with Gasteiger partial charge in [-0.1, -0.05) is 0 Å². The molecule has 1 radical (unpaired) electrons. The van der Waals surface area contributed by atoms with Crippen LogP contribution in [0.4, 0.5) is 0 Å². The van der Waals surface area contributed by atoms with E-state index in [0.717, 1.165) is 11.3 Å². The first kappa shape index (κ1) is 8.75. The Morgan fingerprint density at radius 1 is 1.55 bits per heavy atom. The summed E-state index contributed by atoms with van der Waals surface area (Å²) >= 11 is 1.63. The fraction of sp³-hybridized carbons (Fsp3) is 0.444. The van der Waals surface area contributed by atoms with Gasteiger partial charge in [0.1, 0.15) is 0 Å². The second kappa shape index (κ2) is 2.95. The second-order valence-electron chi connectivity index (χ2n) is 3.07. The maximum atomic E-state index is 9.59. The van der Waals surface area contributed by atoms with E-state index in [1.165, 1.54) is 4.88 Å². The van der Waals surface area contributed by atoms with Crippen molar-refractivity contribution in [3.8, 4) is 0 Å². The van der Waals surface area contributed by atoms with Gasteiger partial charge in [-0.3, -0.25) is 0 Å². The van der Waals surface area contributed by atoms with Crippen LogP contribution in [0.15, 0.2) is 12.1 Å². The van der Waals surface area contributed by atoms with E-state index in [0.29, 0.717) is 0 Å². The molecule has 0 saturated carbocycles. The molecule has 0 saturated heterocycles. The fourth-order valence-electron chi connectivity index (χ4n) is 0.841. The SMILES string of the molecule is [CH2]Cc1ccc(C(C)(C)O)s1. The zero-order valence-corrected chi connectivity index (χ0v) is 7.74. The summed E-state index contributed by atoms with van der Waals surface area (Å²) in [7, 11) is 0. The first-order valence-corrected chi connectivity index (χ1v) is 4.46. The summed E-state index contributed by atoms with van der Waals surface area (Å²) in [6.45, 7) is 7.37. The van der Waals surface area contributed by atoms with Crippen LogP contribution in [0.3, 0.4) is 0 Å². The van der Waals surface area contributed by atoms with Gasteiger partial charge in [-0.2, -0.15) is 0 Å². The molecular weight excluding hydrogens is 156 g/mol. The van der Waals surface area contributed by atoms with Crippen LogP contribution in [0, 0.1) is 6.92 Å². The summed E-state index contributed by atoms with van der Waals surface area (Å²) in [5.74, 6) is 0. The number of hydrogen-bond donors (Lipinski definition) is 1. The van der Waals surface area contributed by atoms with Crippen molar-refractivity contribution >= 4 is 11.3 Å². The number of aliphatic hydroxyl groups is 1. The van der Waals surface area contributed by atoms with Crippen molar-refractivity contribution in [2.24, 2.45) is 0 Å². The average molecular weight is 169 g/mol. The molecule has 1 aromatic rings. The highest BCUT2D eigenvalue weighted by Gasteiger charge is 2.17. The predicted octanol–water partition coefficient (Wildman–Crippen LogP) is 2.35. The zero-order chi connectivity index (χ0) is 8.48. The lowest BCUT2D eigenvalue weighted by Gasteiger charge is -2.13. The summed E-state index contributed by atoms with van der Waals surface area (Å²) in [5.41, 5.74) is -0.696. The Bertz CT molecular complexity index is 232. The topological polar surface area (TPSA) is 20.2 Å². The van der Waals surface area contributed by atoms with Gasteiger partial charge >= 0.3 is 0 Å². The Hall–Kier alpha value is -0.340. The molecule has 1 rings (SSSR count). The van der Waals surface area contributed by atoms with Gasteiger partial charge in [0, 0.05) is 9.75 Å². The molecule has 0 amide bonds. The van der Waals surface area contributed by atoms with E-state index in [9.17, 15) is 5.11 Å². The molecule has 1 nitrogen and oxygen atoms in total. The lowest BCUT2D eigenvalue weighted by atomic mass is 10.1. The quantitative estimate of drug-likeness (QED) is 0.720. The zero-order valence-electron chi connectivity index (χ0n) is 6.92.